The topological polar surface area (TPSA) is 51.3 Å². The number of nitrogens with zero attached hydrogens (tertiary/aromatic N) is 2. The molecule has 1 aromatic heterocycles. The summed E-state index contributed by atoms with van der Waals surface area (Å²) in [6.07, 6.45) is 1.69. The fraction of sp³-hybridized carbons (Fsp3) is 0. The molecule has 82 valence electrons. The van der Waals surface area contributed by atoms with Crippen LogP contribution in [0, 0.1) is 0 Å². The molecule has 0 bridgehead atoms. The Morgan fingerprint density at radius 1 is 1.00 bits per heavy atom. The van der Waals surface area contributed by atoms with Crippen molar-refractivity contribution in [2.24, 2.45) is 10.7 Å². The Labute approximate surface area is 100 Å². The molecule has 0 fully saturated rings. The molecule has 0 saturated carbocycles. The minimum absolute atomic E-state index is 0. The first-order valence-corrected chi connectivity index (χ1v) is 4.67. The van der Waals surface area contributed by atoms with Gasteiger partial charge in [0, 0.05) is 11.8 Å². The number of pyridine rings is 1. The predicted octanol–water partition coefficient (Wildman–Crippen LogP) is 2.54. The monoisotopic (exact) mass is 233 g/mol. The maximum Gasteiger partial charge on any atom is 0.154 e. The third-order valence-corrected chi connectivity index (χ3v) is 1.95. The summed E-state index contributed by atoms with van der Waals surface area (Å²) in [4.78, 5) is 8.29. The normalized spacial score (nSPS) is 10.6. The van der Waals surface area contributed by atoms with Crippen LogP contribution in [0.2, 0.25) is 0 Å². The Bertz CT molecular complexity index is 454. The van der Waals surface area contributed by atoms with Crippen molar-refractivity contribution in [3.8, 4) is 0 Å². The van der Waals surface area contributed by atoms with Crippen LogP contribution in [-0.4, -0.2) is 10.8 Å². The van der Waals surface area contributed by atoms with E-state index in [1.807, 2.05) is 48.5 Å². The minimum Gasteiger partial charge on any atom is -0.383 e. The van der Waals surface area contributed by atoms with Gasteiger partial charge in [-0.05, 0) is 12.1 Å². The average Bonchev–Trinajstić information content (AvgIpc) is 2.31. The molecule has 0 amide bonds. The van der Waals surface area contributed by atoms with E-state index in [0.717, 1.165) is 5.56 Å². The lowest BCUT2D eigenvalue weighted by Gasteiger charge is -1.99. The molecular weight excluding hydrogens is 222 g/mol. The first-order chi connectivity index (χ1) is 7.36. The lowest BCUT2D eigenvalue weighted by molar-refractivity contribution is 1.26. The second-order valence-electron chi connectivity index (χ2n) is 3.05. The first-order valence-electron chi connectivity index (χ1n) is 4.67. The van der Waals surface area contributed by atoms with Crippen LogP contribution in [0.3, 0.4) is 0 Å². The van der Waals surface area contributed by atoms with Crippen LogP contribution < -0.4 is 5.73 Å². The number of hydrogen-bond acceptors (Lipinski definition) is 2. The van der Waals surface area contributed by atoms with Gasteiger partial charge in [0.25, 0.3) is 0 Å². The molecule has 3 nitrogen and oxygen atoms in total. The van der Waals surface area contributed by atoms with Gasteiger partial charge in [0.15, 0.2) is 5.82 Å². The second-order valence-corrected chi connectivity index (χ2v) is 3.05. The van der Waals surface area contributed by atoms with Gasteiger partial charge in [0.05, 0.1) is 0 Å². The lowest BCUT2D eigenvalue weighted by atomic mass is 10.2. The highest BCUT2D eigenvalue weighted by atomic mass is 35.5. The molecule has 0 unspecified atom stereocenters. The molecule has 2 N–H and O–H groups in total. The molecule has 2 rings (SSSR count). The summed E-state index contributed by atoms with van der Waals surface area (Å²) in [6, 6.07) is 15.2. The summed E-state index contributed by atoms with van der Waals surface area (Å²) in [5.74, 6) is 1.10. The Balaban J connectivity index is 0.00000128. The van der Waals surface area contributed by atoms with Gasteiger partial charge < -0.3 is 5.73 Å². The van der Waals surface area contributed by atoms with Gasteiger partial charge >= 0.3 is 0 Å². The van der Waals surface area contributed by atoms with Crippen LogP contribution in [0.1, 0.15) is 5.56 Å². The number of amidine groups is 1. The largest absolute Gasteiger partial charge is 0.383 e. The van der Waals surface area contributed by atoms with Crippen LogP contribution in [-0.2, 0) is 0 Å². The van der Waals surface area contributed by atoms with Gasteiger partial charge in [0.1, 0.15) is 5.84 Å². The SMILES string of the molecule is Cl.N/C(=N\c1ccccn1)c1ccccc1. The Morgan fingerprint density at radius 3 is 2.31 bits per heavy atom. The summed E-state index contributed by atoms with van der Waals surface area (Å²) in [6.45, 7) is 0. The molecule has 1 aromatic carbocycles. The molecule has 1 heterocycles. The van der Waals surface area contributed by atoms with Gasteiger partial charge in [-0.15, -0.1) is 12.4 Å². The van der Waals surface area contributed by atoms with E-state index in [4.69, 9.17) is 5.73 Å². The zero-order valence-electron chi connectivity index (χ0n) is 8.58. The molecule has 0 radical (unpaired) electrons. The highest BCUT2D eigenvalue weighted by Crippen LogP contribution is 2.07. The van der Waals surface area contributed by atoms with Crippen molar-refractivity contribution in [3.63, 3.8) is 0 Å². The quantitative estimate of drug-likeness (QED) is 0.640. The number of benzene rings is 1. The average molecular weight is 234 g/mol. The molecule has 0 atom stereocenters. The van der Waals surface area contributed by atoms with Crippen LogP contribution >= 0.6 is 12.4 Å². The van der Waals surface area contributed by atoms with Crippen LogP contribution in [0.25, 0.3) is 0 Å². The molecule has 2 aromatic rings. The fourth-order valence-electron chi connectivity index (χ4n) is 1.22. The van der Waals surface area contributed by atoms with Gasteiger partial charge in [-0.1, -0.05) is 36.4 Å². The smallest absolute Gasteiger partial charge is 0.154 e. The zero-order valence-corrected chi connectivity index (χ0v) is 9.39. The van der Waals surface area contributed by atoms with Gasteiger partial charge in [-0.25, -0.2) is 9.98 Å². The van der Waals surface area contributed by atoms with E-state index < -0.39 is 0 Å². The summed E-state index contributed by atoms with van der Waals surface area (Å²) >= 11 is 0. The van der Waals surface area contributed by atoms with Crippen molar-refractivity contribution < 1.29 is 0 Å². The van der Waals surface area contributed by atoms with E-state index in [0.29, 0.717) is 11.7 Å². The van der Waals surface area contributed by atoms with E-state index in [9.17, 15) is 0 Å². The maximum absolute atomic E-state index is 5.84. The highest BCUT2D eigenvalue weighted by Gasteiger charge is 1.96. The number of nitrogens with two attached hydrogens (primary N) is 1. The van der Waals surface area contributed by atoms with Gasteiger partial charge in [-0.3, -0.25) is 0 Å². The van der Waals surface area contributed by atoms with Gasteiger partial charge in [-0.2, -0.15) is 0 Å². The number of rotatable bonds is 2. The van der Waals surface area contributed by atoms with Crippen molar-refractivity contribution in [1.82, 2.24) is 4.98 Å². The van der Waals surface area contributed by atoms with E-state index in [2.05, 4.69) is 9.98 Å². The summed E-state index contributed by atoms with van der Waals surface area (Å²) in [5, 5.41) is 0. The Morgan fingerprint density at radius 2 is 1.69 bits per heavy atom. The molecule has 0 spiro atoms. The first kappa shape index (κ1) is 12.2. The Kier molecular flexibility index (Phi) is 4.48. The van der Waals surface area contributed by atoms with Crippen molar-refractivity contribution in [2.45, 2.75) is 0 Å². The molecular formula is C12H12ClN3. The molecule has 4 heteroatoms. The van der Waals surface area contributed by atoms with Crippen LogP contribution in [0.4, 0.5) is 5.82 Å². The van der Waals surface area contributed by atoms with Crippen LogP contribution in [0.15, 0.2) is 59.7 Å². The van der Waals surface area contributed by atoms with E-state index in [1.165, 1.54) is 0 Å². The van der Waals surface area contributed by atoms with E-state index in [1.54, 1.807) is 6.20 Å². The van der Waals surface area contributed by atoms with Crippen LogP contribution in [0.5, 0.6) is 0 Å². The Hall–Kier alpha value is -1.87. The van der Waals surface area contributed by atoms with Crippen molar-refractivity contribution in [1.29, 1.82) is 0 Å². The van der Waals surface area contributed by atoms with Crippen molar-refractivity contribution in [3.05, 3.63) is 60.3 Å². The summed E-state index contributed by atoms with van der Waals surface area (Å²) < 4.78 is 0. The van der Waals surface area contributed by atoms with Crippen molar-refractivity contribution in [2.75, 3.05) is 0 Å². The van der Waals surface area contributed by atoms with Crippen molar-refractivity contribution >= 4 is 24.1 Å². The summed E-state index contributed by atoms with van der Waals surface area (Å²) in [7, 11) is 0. The standard InChI is InChI=1S/C12H11N3.ClH/c13-12(10-6-2-1-3-7-10)15-11-8-4-5-9-14-11;/h1-9H,(H2,13,14,15);1H. The van der Waals surface area contributed by atoms with E-state index >= 15 is 0 Å². The number of hydrogen-bond donors (Lipinski definition) is 1. The molecule has 0 aliphatic carbocycles. The summed E-state index contributed by atoms with van der Waals surface area (Å²) in [5.41, 5.74) is 6.74. The fourth-order valence-corrected chi connectivity index (χ4v) is 1.22. The zero-order chi connectivity index (χ0) is 10.5. The van der Waals surface area contributed by atoms with E-state index in [-0.39, 0.29) is 12.4 Å². The number of aromatic nitrogens is 1. The predicted molar refractivity (Wildman–Crippen MR) is 68.3 cm³/mol. The molecule has 0 saturated heterocycles. The second kappa shape index (κ2) is 5.88. The number of aliphatic imine (C=N–C) groups is 1. The highest BCUT2D eigenvalue weighted by molar-refractivity contribution is 5.98. The molecule has 16 heavy (non-hydrogen) atoms. The van der Waals surface area contributed by atoms with Gasteiger partial charge in [0.2, 0.25) is 0 Å². The minimum atomic E-state index is 0. The molecule has 0 aliphatic rings. The third kappa shape index (κ3) is 3.07. The lowest BCUT2D eigenvalue weighted by Crippen LogP contribution is -2.12. The maximum atomic E-state index is 5.84. The molecule has 0 aliphatic heterocycles. The number of halogens is 1. The third-order valence-electron chi connectivity index (χ3n) is 1.95.